The molecule has 0 aliphatic heterocycles. The Bertz CT molecular complexity index is 509. The third-order valence-electron chi connectivity index (χ3n) is 2.04. The van der Waals surface area contributed by atoms with E-state index in [0.717, 1.165) is 6.92 Å². The maximum absolute atomic E-state index is 13.3. The molecule has 4 nitrogen and oxygen atoms in total. The van der Waals surface area contributed by atoms with Gasteiger partial charge in [-0.15, -0.1) is 0 Å². The van der Waals surface area contributed by atoms with Gasteiger partial charge in [0.15, 0.2) is 11.6 Å². The summed E-state index contributed by atoms with van der Waals surface area (Å²) in [7, 11) is 0. The van der Waals surface area contributed by atoms with Crippen LogP contribution in [-0.4, -0.2) is 19.9 Å². The number of aromatic amines is 1. The third kappa shape index (κ3) is 2.10. The standard InChI is InChI=1S/C9H6F4N4/c1-4-5(9(11,12)13)6(10)17-8(16-4)7-14-2-3-15-7/h2-3H,1H3,(H,14,15). The van der Waals surface area contributed by atoms with Gasteiger partial charge >= 0.3 is 6.18 Å². The summed E-state index contributed by atoms with van der Waals surface area (Å²) in [6.45, 7) is 1.07. The van der Waals surface area contributed by atoms with Gasteiger partial charge in [-0.2, -0.15) is 22.5 Å². The predicted octanol–water partition coefficient (Wildman–Crippen LogP) is 2.33. The molecule has 0 spiro atoms. The molecule has 90 valence electrons. The van der Waals surface area contributed by atoms with Crippen LogP contribution in [0.25, 0.3) is 11.6 Å². The van der Waals surface area contributed by atoms with Crippen molar-refractivity contribution in [1.29, 1.82) is 0 Å². The molecule has 0 aliphatic carbocycles. The summed E-state index contributed by atoms with van der Waals surface area (Å²) in [6, 6.07) is 0. The molecular formula is C9H6F4N4. The highest BCUT2D eigenvalue weighted by atomic mass is 19.4. The Morgan fingerprint density at radius 1 is 1.24 bits per heavy atom. The number of aromatic nitrogens is 4. The molecule has 0 fully saturated rings. The van der Waals surface area contributed by atoms with Crippen LogP contribution in [0.15, 0.2) is 12.4 Å². The highest BCUT2D eigenvalue weighted by molar-refractivity contribution is 5.43. The van der Waals surface area contributed by atoms with Crippen LogP contribution < -0.4 is 0 Å². The second kappa shape index (κ2) is 3.79. The Hall–Kier alpha value is -1.99. The molecule has 0 aliphatic rings. The van der Waals surface area contributed by atoms with E-state index >= 15 is 0 Å². The summed E-state index contributed by atoms with van der Waals surface area (Å²) in [6.07, 6.45) is -2.01. The zero-order chi connectivity index (χ0) is 12.6. The zero-order valence-corrected chi connectivity index (χ0v) is 8.51. The molecule has 2 rings (SSSR count). The first-order valence-corrected chi connectivity index (χ1v) is 4.50. The van der Waals surface area contributed by atoms with E-state index in [-0.39, 0.29) is 11.6 Å². The summed E-state index contributed by atoms with van der Waals surface area (Å²) >= 11 is 0. The average molecular weight is 246 g/mol. The molecule has 2 heterocycles. The highest BCUT2D eigenvalue weighted by Crippen LogP contribution is 2.33. The SMILES string of the molecule is Cc1nc(-c2ncc[nH]2)nc(F)c1C(F)(F)F. The molecule has 0 bridgehead atoms. The number of nitrogens with zero attached hydrogens (tertiary/aromatic N) is 3. The maximum atomic E-state index is 13.3. The summed E-state index contributed by atoms with van der Waals surface area (Å²) < 4.78 is 50.6. The topological polar surface area (TPSA) is 54.5 Å². The van der Waals surface area contributed by atoms with Gasteiger partial charge in [0.05, 0.1) is 5.69 Å². The number of hydrogen-bond acceptors (Lipinski definition) is 3. The Balaban J connectivity index is 2.57. The van der Waals surface area contributed by atoms with Gasteiger partial charge in [-0.05, 0) is 6.92 Å². The lowest BCUT2D eigenvalue weighted by atomic mass is 10.2. The Morgan fingerprint density at radius 2 is 1.94 bits per heavy atom. The molecule has 2 aromatic heterocycles. The van der Waals surface area contributed by atoms with Crippen molar-refractivity contribution in [3.63, 3.8) is 0 Å². The summed E-state index contributed by atoms with van der Waals surface area (Å²) in [5.41, 5.74) is -1.93. The van der Waals surface area contributed by atoms with Gasteiger partial charge in [-0.3, -0.25) is 0 Å². The van der Waals surface area contributed by atoms with E-state index < -0.39 is 23.4 Å². The minimum absolute atomic E-state index is 0.112. The minimum Gasteiger partial charge on any atom is -0.342 e. The van der Waals surface area contributed by atoms with E-state index in [1.807, 2.05) is 0 Å². The lowest BCUT2D eigenvalue weighted by Crippen LogP contribution is -2.14. The molecule has 0 atom stereocenters. The largest absolute Gasteiger partial charge is 0.422 e. The van der Waals surface area contributed by atoms with Crippen molar-refractivity contribution >= 4 is 0 Å². The average Bonchev–Trinajstić information content (AvgIpc) is 2.66. The van der Waals surface area contributed by atoms with Crippen molar-refractivity contribution < 1.29 is 17.6 Å². The molecule has 0 saturated carbocycles. The third-order valence-corrected chi connectivity index (χ3v) is 2.04. The number of aryl methyl sites for hydroxylation is 1. The van der Waals surface area contributed by atoms with Crippen LogP contribution in [-0.2, 0) is 6.18 Å². The van der Waals surface area contributed by atoms with Crippen molar-refractivity contribution in [3.05, 3.63) is 29.6 Å². The molecule has 0 unspecified atom stereocenters. The highest BCUT2D eigenvalue weighted by Gasteiger charge is 2.38. The lowest BCUT2D eigenvalue weighted by Gasteiger charge is -2.10. The number of hydrogen-bond donors (Lipinski definition) is 1. The molecular weight excluding hydrogens is 240 g/mol. The fraction of sp³-hybridized carbons (Fsp3) is 0.222. The van der Waals surface area contributed by atoms with Gasteiger partial charge in [0.2, 0.25) is 5.95 Å². The summed E-state index contributed by atoms with van der Waals surface area (Å²) in [5.74, 6) is -1.70. The Kier molecular flexibility index (Phi) is 2.56. The first-order chi connectivity index (χ1) is 7.89. The zero-order valence-electron chi connectivity index (χ0n) is 8.51. The van der Waals surface area contributed by atoms with Crippen LogP contribution >= 0.6 is 0 Å². The molecule has 2 aromatic rings. The van der Waals surface area contributed by atoms with E-state index in [0.29, 0.717) is 0 Å². The van der Waals surface area contributed by atoms with Gasteiger partial charge in [0, 0.05) is 12.4 Å². The van der Waals surface area contributed by atoms with Crippen molar-refractivity contribution in [2.24, 2.45) is 0 Å². The predicted molar refractivity (Wildman–Crippen MR) is 49.3 cm³/mol. The van der Waals surface area contributed by atoms with Crippen LogP contribution in [0.4, 0.5) is 17.6 Å². The molecule has 0 saturated heterocycles. The van der Waals surface area contributed by atoms with Crippen molar-refractivity contribution in [3.8, 4) is 11.6 Å². The molecule has 0 radical (unpaired) electrons. The van der Waals surface area contributed by atoms with E-state index in [1.54, 1.807) is 0 Å². The lowest BCUT2D eigenvalue weighted by molar-refractivity contribution is -0.141. The molecule has 8 heteroatoms. The van der Waals surface area contributed by atoms with Gasteiger partial charge in [-0.25, -0.2) is 9.97 Å². The fourth-order valence-electron chi connectivity index (χ4n) is 1.35. The minimum atomic E-state index is -4.81. The summed E-state index contributed by atoms with van der Waals surface area (Å²) in [4.78, 5) is 13.0. The van der Waals surface area contributed by atoms with Gasteiger partial charge in [0.1, 0.15) is 5.56 Å². The molecule has 0 amide bonds. The van der Waals surface area contributed by atoms with Crippen molar-refractivity contribution in [1.82, 2.24) is 19.9 Å². The summed E-state index contributed by atoms with van der Waals surface area (Å²) in [5, 5.41) is 0. The smallest absolute Gasteiger partial charge is 0.342 e. The van der Waals surface area contributed by atoms with Crippen LogP contribution in [0, 0.1) is 12.9 Å². The Morgan fingerprint density at radius 3 is 2.41 bits per heavy atom. The van der Waals surface area contributed by atoms with Crippen LogP contribution in [0.1, 0.15) is 11.3 Å². The van der Waals surface area contributed by atoms with Crippen LogP contribution in [0.5, 0.6) is 0 Å². The number of imidazole rings is 1. The van der Waals surface area contributed by atoms with Gasteiger partial charge in [-0.1, -0.05) is 0 Å². The number of alkyl halides is 3. The first-order valence-electron chi connectivity index (χ1n) is 4.50. The molecule has 1 N–H and O–H groups in total. The van der Waals surface area contributed by atoms with Gasteiger partial charge < -0.3 is 4.98 Å². The number of H-pyrrole nitrogens is 1. The van der Waals surface area contributed by atoms with E-state index in [4.69, 9.17) is 0 Å². The van der Waals surface area contributed by atoms with Crippen molar-refractivity contribution in [2.75, 3.05) is 0 Å². The van der Waals surface area contributed by atoms with E-state index in [2.05, 4.69) is 19.9 Å². The fourth-order valence-corrected chi connectivity index (χ4v) is 1.35. The first kappa shape index (κ1) is 11.5. The van der Waals surface area contributed by atoms with Crippen molar-refractivity contribution in [2.45, 2.75) is 13.1 Å². The van der Waals surface area contributed by atoms with Crippen LogP contribution in [0.3, 0.4) is 0 Å². The second-order valence-corrected chi connectivity index (χ2v) is 3.23. The number of nitrogens with one attached hydrogen (secondary N) is 1. The number of rotatable bonds is 1. The molecule has 17 heavy (non-hydrogen) atoms. The van der Waals surface area contributed by atoms with Gasteiger partial charge in [0.25, 0.3) is 0 Å². The second-order valence-electron chi connectivity index (χ2n) is 3.23. The van der Waals surface area contributed by atoms with Crippen LogP contribution in [0.2, 0.25) is 0 Å². The maximum Gasteiger partial charge on any atom is 0.422 e. The van der Waals surface area contributed by atoms with E-state index in [1.165, 1.54) is 12.4 Å². The van der Waals surface area contributed by atoms with E-state index in [9.17, 15) is 17.6 Å². The molecule has 0 aromatic carbocycles. The Labute approximate surface area is 92.7 Å². The quantitative estimate of drug-likeness (QED) is 0.620. The monoisotopic (exact) mass is 246 g/mol. The normalized spacial score (nSPS) is 11.8. The number of halogens is 4.